The molecule has 1 fully saturated rings. The maximum absolute atomic E-state index is 11.7. The van der Waals surface area contributed by atoms with Crippen LogP contribution in [0.15, 0.2) is 24.3 Å². The van der Waals surface area contributed by atoms with Gasteiger partial charge in [-0.3, -0.25) is 0 Å². The molecule has 0 amide bonds. The van der Waals surface area contributed by atoms with Crippen LogP contribution in [0.5, 0.6) is 5.75 Å². The molecule has 0 radical (unpaired) electrons. The summed E-state index contributed by atoms with van der Waals surface area (Å²) in [4.78, 5) is 12.3. The van der Waals surface area contributed by atoms with E-state index in [0.29, 0.717) is 17.2 Å². The van der Waals surface area contributed by atoms with Crippen molar-refractivity contribution in [3.8, 4) is 5.75 Å². The second-order valence-electron chi connectivity index (χ2n) is 4.01. The number of thiophene rings is 1. The Morgan fingerprint density at radius 1 is 1.50 bits per heavy atom. The number of carbonyl (C=O) groups is 1. The van der Waals surface area contributed by atoms with Gasteiger partial charge in [-0.25, -0.2) is 4.79 Å². The lowest BCUT2D eigenvalue weighted by atomic mass is 10.2. The highest BCUT2D eigenvalue weighted by atomic mass is 32.1. The van der Waals surface area contributed by atoms with E-state index in [4.69, 9.17) is 14.2 Å². The molecule has 0 saturated carbocycles. The molecule has 1 aliphatic heterocycles. The van der Waals surface area contributed by atoms with E-state index in [0.717, 1.165) is 16.7 Å². The number of methoxy groups -OCH3 is 1. The molecule has 18 heavy (non-hydrogen) atoms. The molecule has 1 atom stereocenters. The summed E-state index contributed by atoms with van der Waals surface area (Å²) in [5, 5.41) is 0.948. The first-order valence-corrected chi connectivity index (χ1v) is 6.45. The standard InChI is InChI=1S/C13H12O4S/c1-15-13(14)12-11(17-7-8-6-16-8)9-4-2-3-5-10(9)18-12/h2-5,8H,6-7H2,1H3. The monoisotopic (exact) mass is 264 g/mol. The van der Waals surface area contributed by atoms with Crippen LogP contribution in [0.25, 0.3) is 10.1 Å². The third-order valence-electron chi connectivity index (χ3n) is 2.74. The highest BCUT2D eigenvalue weighted by molar-refractivity contribution is 7.21. The van der Waals surface area contributed by atoms with Gasteiger partial charge in [-0.15, -0.1) is 11.3 Å². The molecular formula is C13H12O4S. The summed E-state index contributed by atoms with van der Waals surface area (Å²) < 4.78 is 16.6. The number of epoxide rings is 1. The molecule has 1 unspecified atom stereocenters. The first-order valence-electron chi connectivity index (χ1n) is 5.64. The van der Waals surface area contributed by atoms with E-state index >= 15 is 0 Å². The van der Waals surface area contributed by atoms with Crippen LogP contribution in [-0.2, 0) is 9.47 Å². The van der Waals surface area contributed by atoms with Crippen molar-refractivity contribution in [3.05, 3.63) is 29.1 Å². The Morgan fingerprint density at radius 3 is 3.00 bits per heavy atom. The Labute approximate surface area is 108 Å². The predicted molar refractivity (Wildman–Crippen MR) is 68.4 cm³/mol. The number of ether oxygens (including phenoxy) is 3. The van der Waals surface area contributed by atoms with Crippen molar-refractivity contribution in [2.24, 2.45) is 0 Å². The molecule has 4 nitrogen and oxygen atoms in total. The summed E-state index contributed by atoms with van der Waals surface area (Å²) in [6.07, 6.45) is 0.161. The predicted octanol–water partition coefficient (Wildman–Crippen LogP) is 2.47. The molecule has 1 aromatic carbocycles. The number of benzene rings is 1. The number of carbonyl (C=O) groups excluding carboxylic acids is 1. The van der Waals surface area contributed by atoms with Crippen molar-refractivity contribution < 1.29 is 19.0 Å². The normalized spacial score (nSPS) is 17.7. The molecule has 5 heteroatoms. The molecule has 0 aliphatic carbocycles. The zero-order valence-electron chi connectivity index (χ0n) is 9.84. The van der Waals surface area contributed by atoms with Crippen molar-refractivity contribution in [2.45, 2.75) is 6.10 Å². The minimum atomic E-state index is -0.358. The summed E-state index contributed by atoms with van der Waals surface area (Å²) in [7, 11) is 1.38. The third-order valence-corrected chi connectivity index (χ3v) is 3.87. The lowest BCUT2D eigenvalue weighted by molar-refractivity contribution is 0.0602. The SMILES string of the molecule is COC(=O)c1sc2ccccc2c1OCC1CO1. The van der Waals surface area contributed by atoms with Gasteiger partial charge in [0.15, 0.2) is 10.6 Å². The van der Waals surface area contributed by atoms with E-state index in [1.54, 1.807) is 0 Å². The van der Waals surface area contributed by atoms with Crippen LogP contribution in [0.1, 0.15) is 9.67 Å². The molecule has 2 aromatic rings. The van der Waals surface area contributed by atoms with Crippen molar-refractivity contribution in [1.82, 2.24) is 0 Å². The lowest BCUT2D eigenvalue weighted by Crippen LogP contribution is -2.07. The topological polar surface area (TPSA) is 48.1 Å². The van der Waals surface area contributed by atoms with Crippen molar-refractivity contribution in [3.63, 3.8) is 0 Å². The second-order valence-corrected chi connectivity index (χ2v) is 5.07. The maximum atomic E-state index is 11.7. The summed E-state index contributed by atoms with van der Waals surface area (Å²) in [6, 6.07) is 7.78. The molecular weight excluding hydrogens is 252 g/mol. The Kier molecular flexibility index (Phi) is 2.93. The van der Waals surface area contributed by atoms with Gasteiger partial charge in [0.2, 0.25) is 0 Å². The van der Waals surface area contributed by atoms with Crippen LogP contribution in [0.4, 0.5) is 0 Å². The summed E-state index contributed by atoms with van der Waals surface area (Å²) in [5.74, 6) is 0.251. The minimum Gasteiger partial charge on any atom is -0.488 e. The molecule has 1 aromatic heterocycles. The summed E-state index contributed by atoms with van der Waals surface area (Å²) in [6.45, 7) is 1.21. The fourth-order valence-electron chi connectivity index (χ4n) is 1.73. The van der Waals surface area contributed by atoms with E-state index < -0.39 is 0 Å². The molecule has 3 rings (SSSR count). The molecule has 1 aliphatic rings. The van der Waals surface area contributed by atoms with Gasteiger partial charge in [0.1, 0.15) is 12.7 Å². The molecule has 94 valence electrons. The summed E-state index contributed by atoms with van der Waals surface area (Å²) >= 11 is 1.39. The van der Waals surface area contributed by atoms with Crippen LogP contribution >= 0.6 is 11.3 Å². The second kappa shape index (κ2) is 4.59. The van der Waals surface area contributed by atoms with Gasteiger partial charge in [-0.05, 0) is 12.1 Å². The molecule has 0 spiro atoms. The highest BCUT2D eigenvalue weighted by Crippen LogP contribution is 2.38. The van der Waals surface area contributed by atoms with Gasteiger partial charge < -0.3 is 14.2 Å². The fourth-order valence-corrected chi connectivity index (χ4v) is 2.80. The highest BCUT2D eigenvalue weighted by Gasteiger charge is 2.26. The zero-order valence-corrected chi connectivity index (χ0v) is 10.7. The van der Waals surface area contributed by atoms with Crippen LogP contribution in [0.2, 0.25) is 0 Å². The number of hydrogen-bond donors (Lipinski definition) is 0. The largest absolute Gasteiger partial charge is 0.488 e. The van der Waals surface area contributed by atoms with Gasteiger partial charge in [0.25, 0.3) is 0 Å². The van der Waals surface area contributed by atoms with Crippen molar-refractivity contribution >= 4 is 27.4 Å². The smallest absolute Gasteiger partial charge is 0.351 e. The van der Waals surface area contributed by atoms with Gasteiger partial charge in [0, 0.05) is 10.1 Å². The molecule has 1 saturated heterocycles. The van der Waals surface area contributed by atoms with E-state index in [-0.39, 0.29) is 12.1 Å². The number of fused-ring (bicyclic) bond motifs is 1. The van der Waals surface area contributed by atoms with Crippen LogP contribution < -0.4 is 4.74 Å². The van der Waals surface area contributed by atoms with Crippen LogP contribution in [-0.4, -0.2) is 32.4 Å². The van der Waals surface area contributed by atoms with E-state index in [1.165, 1.54) is 18.4 Å². The number of esters is 1. The fraction of sp³-hybridized carbons (Fsp3) is 0.308. The zero-order chi connectivity index (χ0) is 12.5. The Morgan fingerprint density at radius 2 is 2.28 bits per heavy atom. The van der Waals surface area contributed by atoms with Crippen LogP contribution in [0, 0.1) is 0 Å². The van der Waals surface area contributed by atoms with Crippen molar-refractivity contribution in [1.29, 1.82) is 0 Å². The minimum absolute atomic E-state index is 0.161. The van der Waals surface area contributed by atoms with E-state index in [9.17, 15) is 4.79 Å². The van der Waals surface area contributed by atoms with Crippen LogP contribution in [0.3, 0.4) is 0 Å². The average molecular weight is 264 g/mol. The van der Waals surface area contributed by atoms with Gasteiger partial charge in [0.05, 0.1) is 13.7 Å². The molecule has 2 heterocycles. The molecule has 0 bridgehead atoms. The summed E-state index contributed by atoms with van der Waals surface area (Å²) in [5.41, 5.74) is 0. The third kappa shape index (κ3) is 2.07. The lowest BCUT2D eigenvalue weighted by Gasteiger charge is -2.05. The Balaban J connectivity index is 2.01. The Hall–Kier alpha value is -1.59. The van der Waals surface area contributed by atoms with Gasteiger partial charge in [-0.2, -0.15) is 0 Å². The van der Waals surface area contributed by atoms with E-state index in [2.05, 4.69) is 0 Å². The first-order chi connectivity index (χ1) is 8.79. The molecule has 0 N–H and O–H groups in total. The Bertz CT molecular complexity index is 586. The number of hydrogen-bond acceptors (Lipinski definition) is 5. The van der Waals surface area contributed by atoms with Gasteiger partial charge in [-0.1, -0.05) is 12.1 Å². The first kappa shape index (κ1) is 11.5. The van der Waals surface area contributed by atoms with Gasteiger partial charge >= 0.3 is 5.97 Å². The maximum Gasteiger partial charge on any atom is 0.351 e. The quantitative estimate of drug-likeness (QED) is 0.628. The van der Waals surface area contributed by atoms with Crippen molar-refractivity contribution in [2.75, 3.05) is 20.3 Å². The number of rotatable bonds is 4. The van der Waals surface area contributed by atoms with E-state index in [1.807, 2.05) is 24.3 Å². The average Bonchev–Trinajstić information content (AvgIpc) is 3.16.